The standard InChI is InChI=1S/C17H29N3O/c1-4-20-10-8-16(9-11-20)19(3)13-14-12-15(18)6-7-17(14)21-5-2/h6-7,12,16H,4-5,8-11,13,18H2,1-3H3. The van der Waals surface area contributed by atoms with E-state index in [9.17, 15) is 0 Å². The normalized spacial score (nSPS) is 17.3. The fourth-order valence-corrected chi connectivity index (χ4v) is 3.09. The molecule has 2 rings (SSSR count). The summed E-state index contributed by atoms with van der Waals surface area (Å²) in [4.78, 5) is 4.97. The molecule has 1 aromatic rings. The van der Waals surface area contributed by atoms with E-state index in [0.29, 0.717) is 12.6 Å². The van der Waals surface area contributed by atoms with Crippen LogP contribution in [0.3, 0.4) is 0 Å². The maximum absolute atomic E-state index is 5.93. The van der Waals surface area contributed by atoms with Crippen molar-refractivity contribution in [2.75, 3.05) is 39.0 Å². The SMILES string of the molecule is CCOc1ccc(N)cc1CN(C)C1CCN(CC)CC1. The molecule has 1 aromatic carbocycles. The Balaban J connectivity index is 1.99. The number of rotatable bonds is 6. The van der Waals surface area contributed by atoms with E-state index in [1.165, 1.54) is 38.0 Å². The van der Waals surface area contributed by atoms with E-state index in [2.05, 4.69) is 23.8 Å². The summed E-state index contributed by atoms with van der Waals surface area (Å²) in [6.07, 6.45) is 2.49. The molecule has 1 fully saturated rings. The fourth-order valence-electron chi connectivity index (χ4n) is 3.09. The number of nitrogens with two attached hydrogens (primary N) is 1. The predicted octanol–water partition coefficient (Wildman–Crippen LogP) is 2.58. The van der Waals surface area contributed by atoms with Crippen molar-refractivity contribution in [2.45, 2.75) is 39.3 Å². The van der Waals surface area contributed by atoms with Crippen LogP contribution in [-0.2, 0) is 6.54 Å². The first-order chi connectivity index (χ1) is 10.1. The van der Waals surface area contributed by atoms with Gasteiger partial charge in [-0.1, -0.05) is 6.92 Å². The van der Waals surface area contributed by atoms with Gasteiger partial charge in [0.25, 0.3) is 0 Å². The van der Waals surface area contributed by atoms with Crippen LogP contribution in [0.1, 0.15) is 32.3 Å². The topological polar surface area (TPSA) is 41.7 Å². The fraction of sp³-hybridized carbons (Fsp3) is 0.647. The monoisotopic (exact) mass is 291 g/mol. The Kier molecular flexibility index (Phi) is 5.88. The second-order valence-electron chi connectivity index (χ2n) is 5.88. The molecule has 1 heterocycles. The molecule has 0 aliphatic carbocycles. The lowest BCUT2D eigenvalue weighted by atomic mass is 10.0. The number of ether oxygens (including phenoxy) is 1. The Labute approximate surface area is 128 Å². The van der Waals surface area contributed by atoms with Crippen molar-refractivity contribution in [1.82, 2.24) is 9.80 Å². The molecule has 0 bridgehead atoms. The Morgan fingerprint density at radius 3 is 2.62 bits per heavy atom. The lowest BCUT2D eigenvalue weighted by Gasteiger charge is -2.36. The van der Waals surface area contributed by atoms with Crippen molar-refractivity contribution < 1.29 is 4.74 Å². The van der Waals surface area contributed by atoms with Gasteiger partial charge < -0.3 is 15.4 Å². The zero-order valence-corrected chi connectivity index (χ0v) is 13.6. The second kappa shape index (κ2) is 7.66. The van der Waals surface area contributed by atoms with Crippen molar-refractivity contribution in [3.05, 3.63) is 23.8 Å². The maximum atomic E-state index is 5.93. The van der Waals surface area contributed by atoms with E-state index >= 15 is 0 Å². The van der Waals surface area contributed by atoms with Crippen LogP contribution in [0.4, 0.5) is 5.69 Å². The number of likely N-dealkylation sites (tertiary alicyclic amines) is 1. The van der Waals surface area contributed by atoms with Gasteiger partial charge >= 0.3 is 0 Å². The summed E-state index contributed by atoms with van der Waals surface area (Å²) < 4.78 is 5.72. The van der Waals surface area contributed by atoms with Gasteiger partial charge in [-0.2, -0.15) is 0 Å². The lowest BCUT2D eigenvalue weighted by Crippen LogP contribution is -2.42. The maximum Gasteiger partial charge on any atom is 0.123 e. The molecule has 118 valence electrons. The van der Waals surface area contributed by atoms with Crippen LogP contribution in [-0.4, -0.2) is 49.1 Å². The second-order valence-corrected chi connectivity index (χ2v) is 5.88. The molecule has 0 spiro atoms. The Bertz CT molecular complexity index is 442. The molecule has 4 heteroatoms. The summed E-state index contributed by atoms with van der Waals surface area (Å²) >= 11 is 0. The molecule has 0 radical (unpaired) electrons. The Morgan fingerprint density at radius 1 is 1.29 bits per heavy atom. The molecule has 1 aliphatic heterocycles. The summed E-state index contributed by atoms with van der Waals surface area (Å²) in [5.74, 6) is 0.963. The van der Waals surface area contributed by atoms with E-state index in [1.54, 1.807) is 0 Å². The van der Waals surface area contributed by atoms with Gasteiger partial charge in [0.1, 0.15) is 5.75 Å². The minimum absolute atomic E-state index is 0.656. The first-order valence-electron chi connectivity index (χ1n) is 8.07. The molecule has 0 unspecified atom stereocenters. The van der Waals surface area contributed by atoms with Crippen molar-refractivity contribution >= 4 is 5.69 Å². The summed E-state index contributed by atoms with van der Waals surface area (Å²) in [7, 11) is 2.21. The van der Waals surface area contributed by atoms with E-state index in [-0.39, 0.29) is 0 Å². The van der Waals surface area contributed by atoms with Crippen LogP contribution < -0.4 is 10.5 Å². The average Bonchev–Trinajstić information content (AvgIpc) is 2.50. The molecule has 0 atom stereocenters. The van der Waals surface area contributed by atoms with Gasteiger partial charge in [-0.05, 0) is 64.6 Å². The van der Waals surface area contributed by atoms with Crippen LogP contribution in [0, 0.1) is 0 Å². The van der Waals surface area contributed by atoms with Gasteiger partial charge in [-0.25, -0.2) is 0 Å². The smallest absolute Gasteiger partial charge is 0.123 e. The van der Waals surface area contributed by atoms with Gasteiger partial charge in [0.15, 0.2) is 0 Å². The highest BCUT2D eigenvalue weighted by atomic mass is 16.5. The third-order valence-electron chi connectivity index (χ3n) is 4.43. The van der Waals surface area contributed by atoms with E-state index in [4.69, 9.17) is 10.5 Å². The van der Waals surface area contributed by atoms with Crippen molar-refractivity contribution in [2.24, 2.45) is 0 Å². The van der Waals surface area contributed by atoms with Gasteiger partial charge in [0, 0.05) is 23.8 Å². The number of hydrogen-bond acceptors (Lipinski definition) is 4. The molecule has 1 aliphatic rings. The van der Waals surface area contributed by atoms with E-state index < -0.39 is 0 Å². The number of nitrogen functional groups attached to an aromatic ring is 1. The number of piperidine rings is 1. The average molecular weight is 291 g/mol. The van der Waals surface area contributed by atoms with Crippen LogP contribution in [0.5, 0.6) is 5.75 Å². The number of nitrogens with zero attached hydrogens (tertiary/aromatic N) is 2. The number of benzene rings is 1. The molecule has 0 amide bonds. The van der Waals surface area contributed by atoms with Crippen LogP contribution in [0.15, 0.2) is 18.2 Å². The number of anilines is 1. The molecule has 4 nitrogen and oxygen atoms in total. The lowest BCUT2D eigenvalue weighted by molar-refractivity contribution is 0.126. The van der Waals surface area contributed by atoms with Gasteiger partial charge in [-0.15, -0.1) is 0 Å². The first-order valence-corrected chi connectivity index (χ1v) is 8.07. The van der Waals surface area contributed by atoms with Gasteiger partial charge in [0.05, 0.1) is 6.61 Å². The molecular formula is C17H29N3O. The highest BCUT2D eigenvalue weighted by molar-refractivity contribution is 5.47. The van der Waals surface area contributed by atoms with Crippen molar-refractivity contribution in [1.29, 1.82) is 0 Å². The predicted molar refractivity (Wildman–Crippen MR) is 88.6 cm³/mol. The largest absolute Gasteiger partial charge is 0.494 e. The van der Waals surface area contributed by atoms with Gasteiger partial charge in [0.2, 0.25) is 0 Å². The molecule has 2 N–H and O–H groups in total. The van der Waals surface area contributed by atoms with Crippen LogP contribution in [0.2, 0.25) is 0 Å². The summed E-state index contributed by atoms with van der Waals surface area (Å²) in [5, 5.41) is 0. The molecule has 21 heavy (non-hydrogen) atoms. The quantitative estimate of drug-likeness (QED) is 0.818. The van der Waals surface area contributed by atoms with Gasteiger partial charge in [-0.3, -0.25) is 4.90 Å². The summed E-state index contributed by atoms with van der Waals surface area (Å²) in [6.45, 7) is 9.43. The van der Waals surface area contributed by atoms with Crippen LogP contribution >= 0.6 is 0 Å². The van der Waals surface area contributed by atoms with E-state index in [0.717, 1.165) is 18.0 Å². The Hall–Kier alpha value is -1.26. The van der Waals surface area contributed by atoms with Crippen LogP contribution in [0.25, 0.3) is 0 Å². The van der Waals surface area contributed by atoms with Crippen molar-refractivity contribution in [3.63, 3.8) is 0 Å². The zero-order chi connectivity index (χ0) is 15.2. The van der Waals surface area contributed by atoms with E-state index in [1.807, 2.05) is 25.1 Å². The molecule has 0 saturated carbocycles. The zero-order valence-electron chi connectivity index (χ0n) is 13.6. The molecule has 1 saturated heterocycles. The Morgan fingerprint density at radius 2 is 2.00 bits per heavy atom. The summed E-state index contributed by atoms with van der Waals surface area (Å²) in [6, 6.07) is 6.60. The first kappa shape index (κ1) is 16.1. The molecular weight excluding hydrogens is 262 g/mol. The number of hydrogen-bond donors (Lipinski definition) is 1. The minimum atomic E-state index is 0.656. The molecule has 0 aromatic heterocycles. The summed E-state index contributed by atoms with van der Waals surface area (Å²) in [5.41, 5.74) is 7.93. The van der Waals surface area contributed by atoms with Crippen molar-refractivity contribution in [3.8, 4) is 5.75 Å². The highest BCUT2D eigenvalue weighted by Gasteiger charge is 2.22. The highest BCUT2D eigenvalue weighted by Crippen LogP contribution is 2.25. The third-order valence-corrected chi connectivity index (χ3v) is 4.43. The third kappa shape index (κ3) is 4.35. The minimum Gasteiger partial charge on any atom is -0.494 e.